The van der Waals surface area contributed by atoms with E-state index in [2.05, 4.69) is 27.8 Å². The van der Waals surface area contributed by atoms with Crippen LogP contribution >= 0.6 is 0 Å². The molecule has 134 valence electrons. The molecule has 1 aromatic carbocycles. The minimum atomic E-state index is -3.05. The molecule has 0 aromatic heterocycles. The lowest BCUT2D eigenvalue weighted by atomic mass is 9.98. The summed E-state index contributed by atoms with van der Waals surface area (Å²) >= 11 is 0. The first-order valence-corrected chi connectivity index (χ1v) is 10.3. The summed E-state index contributed by atoms with van der Waals surface area (Å²) in [6.07, 6.45) is 4.01. The standard InChI is InChI=1S/C17H28N4O2S/c1-18-17(19-11-8-15-6-4-3-5-7-15)20-14-16-9-12-21(13-10-16)24(2,22)23/h3-7,16H,8-14H2,1-2H3,(H2,18,19,20). The summed E-state index contributed by atoms with van der Waals surface area (Å²) in [4.78, 5) is 4.25. The number of piperidine rings is 1. The highest BCUT2D eigenvalue weighted by Crippen LogP contribution is 2.18. The molecule has 1 aliphatic rings. The van der Waals surface area contributed by atoms with Gasteiger partial charge in [-0.3, -0.25) is 4.99 Å². The second-order valence-corrected chi connectivity index (χ2v) is 8.20. The molecule has 0 saturated carbocycles. The molecule has 7 heteroatoms. The van der Waals surface area contributed by atoms with E-state index >= 15 is 0 Å². The summed E-state index contributed by atoms with van der Waals surface area (Å²) < 4.78 is 24.6. The molecule has 0 bridgehead atoms. The van der Waals surface area contributed by atoms with Crippen LogP contribution in [0.15, 0.2) is 35.3 Å². The van der Waals surface area contributed by atoms with Crippen molar-refractivity contribution in [2.75, 3.05) is 39.5 Å². The Bertz CT molecular complexity index is 623. The monoisotopic (exact) mass is 352 g/mol. The van der Waals surface area contributed by atoms with Crippen LogP contribution in [0.4, 0.5) is 0 Å². The number of guanidine groups is 1. The van der Waals surface area contributed by atoms with E-state index in [0.717, 1.165) is 38.3 Å². The van der Waals surface area contributed by atoms with Crippen molar-refractivity contribution in [3.63, 3.8) is 0 Å². The summed E-state index contributed by atoms with van der Waals surface area (Å²) in [5, 5.41) is 6.67. The van der Waals surface area contributed by atoms with Crippen LogP contribution in [0.2, 0.25) is 0 Å². The molecule has 2 N–H and O–H groups in total. The second kappa shape index (κ2) is 9.03. The van der Waals surface area contributed by atoms with Crippen molar-refractivity contribution in [1.29, 1.82) is 0 Å². The molecule has 1 heterocycles. The molecule has 0 aliphatic carbocycles. The Morgan fingerprint density at radius 1 is 1.21 bits per heavy atom. The number of hydrogen-bond donors (Lipinski definition) is 2. The zero-order valence-electron chi connectivity index (χ0n) is 14.5. The predicted molar refractivity (Wildman–Crippen MR) is 98.7 cm³/mol. The molecule has 0 spiro atoms. The number of nitrogens with zero attached hydrogens (tertiary/aromatic N) is 2. The predicted octanol–water partition coefficient (Wildman–Crippen LogP) is 1.07. The first-order valence-electron chi connectivity index (χ1n) is 8.42. The van der Waals surface area contributed by atoms with Crippen LogP contribution in [0.3, 0.4) is 0 Å². The first kappa shape index (κ1) is 18.7. The summed E-state index contributed by atoms with van der Waals surface area (Å²) in [5.41, 5.74) is 1.30. The first-order chi connectivity index (χ1) is 11.5. The number of benzene rings is 1. The van der Waals surface area contributed by atoms with E-state index in [1.807, 2.05) is 18.2 Å². The third kappa shape index (κ3) is 6.13. The summed E-state index contributed by atoms with van der Waals surface area (Å²) in [6.45, 7) is 2.88. The van der Waals surface area contributed by atoms with E-state index in [1.165, 1.54) is 11.8 Å². The van der Waals surface area contributed by atoms with Gasteiger partial charge in [0.25, 0.3) is 0 Å². The van der Waals surface area contributed by atoms with Crippen molar-refractivity contribution in [3.05, 3.63) is 35.9 Å². The Kier molecular flexibility index (Phi) is 7.05. The van der Waals surface area contributed by atoms with Gasteiger partial charge in [-0.05, 0) is 30.7 Å². The fraction of sp³-hybridized carbons (Fsp3) is 0.588. The highest BCUT2D eigenvalue weighted by Gasteiger charge is 2.24. The normalized spacial score (nSPS) is 17.7. The SMILES string of the molecule is CN=C(NCCc1ccccc1)NCC1CCN(S(C)(=O)=O)CC1. The minimum absolute atomic E-state index is 0.482. The number of sulfonamides is 1. The van der Waals surface area contributed by atoms with Crippen LogP contribution in [0.25, 0.3) is 0 Å². The quantitative estimate of drug-likeness (QED) is 0.593. The van der Waals surface area contributed by atoms with Gasteiger partial charge in [-0.15, -0.1) is 0 Å². The minimum Gasteiger partial charge on any atom is -0.356 e. The van der Waals surface area contributed by atoms with Gasteiger partial charge in [0.1, 0.15) is 0 Å². The van der Waals surface area contributed by atoms with Crippen LogP contribution in [0.5, 0.6) is 0 Å². The Labute approximate surface area is 145 Å². The van der Waals surface area contributed by atoms with Gasteiger partial charge in [0.15, 0.2) is 5.96 Å². The molecule has 24 heavy (non-hydrogen) atoms. The highest BCUT2D eigenvalue weighted by atomic mass is 32.2. The third-order valence-corrected chi connectivity index (χ3v) is 5.68. The Hall–Kier alpha value is -1.60. The van der Waals surface area contributed by atoms with Crippen molar-refractivity contribution >= 4 is 16.0 Å². The molecule has 0 unspecified atom stereocenters. The Morgan fingerprint density at radius 2 is 1.88 bits per heavy atom. The fourth-order valence-corrected chi connectivity index (χ4v) is 3.75. The van der Waals surface area contributed by atoms with Gasteiger partial charge in [-0.25, -0.2) is 12.7 Å². The molecule has 1 aromatic rings. The van der Waals surface area contributed by atoms with Crippen molar-refractivity contribution in [2.45, 2.75) is 19.3 Å². The molecule has 0 atom stereocenters. The average Bonchev–Trinajstić information content (AvgIpc) is 2.58. The molecule has 0 amide bonds. The van der Waals surface area contributed by atoms with Gasteiger partial charge in [-0.2, -0.15) is 0 Å². The van der Waals surface area contributed by atoms with Gasteiger partial charge in [0, 0.05) is 33.2 Å². The fourth-order valence-electron chi connectivity index (χ4n) is 2.88. The van der Waals surface area contributed by atoms with E-state index in [9.17, 15) is 8.42 Å². The van der Waals surface area contributed by atoms with Crippen LogP contribution < -0.4 is 10.6 Å². The zero-order valence-corrected chi connectivity index (χ0v) is 15.3. The second-order valence-electron chi connectivity index (χ2n) is 6.22. The van der Waals surface area contributed by atoms with Gasteiger partial charge in [-0.1, -0.05) is 30.3 Å². The maximum atomic E-state index is 11.5. The largest absolute Gasteiger partial charge is 0.356 e. The molecule has 1 fully saturated rings. The van der Waals surface area contributed by atoms with Gasteiger partial charge < -0.3 is 10.6 Å². The maximum absolute atomic E-state index is 11.5. The number of rotatable bonds is 6. The average molecular weight is 353 g/mol. The van der Waals surface area contributed by atoms with Crippen LogP contribution in [-0.2, 0) is 16.4 Å². The molecule has 1 aliphatic heterocycles. The van der Waals surface area contributed by atoms with Crippen molar-refractivity contribution in [3.8, 4) is 0 Å². The molecule has 0 radical (unpaired) electrons. The lowest BCUT2D eigenvalue weighted by molar-refractivity contribution is 0.275. The van der Waals surface area contributed by atoms with Crippen molar-refractivity contribution in [1.82, 2.24) is 14.9 Å². The van der Waals surface area contributed by atoms with Crippen LogP contribution in [-0.4, -0.2) is 58.2 Å². The van der Waals surface area contributed by atoms with Gasteiger partial charge >= 0.3 is 0 Å². The van der Waals surface area contributed by atoms with E-state index in [0.29, 0.717) is 19.0 Å². The molecular weight excluding hydrogens is 324 g/mol. The summed E-state index contributed by atoms with van der Waals surface area (Å²) in [6, 6.07) is 10.4. The van der Waals surface area contributed by atoms with E-state index in [1.54, 1.807) is 11.4 Å². The van der Waals surface area contributed by atoms with Gasteiger partial charge in [0.2, 0.25) is 10.0 Å². The number of hydrogen-bond acceptors (Lipinski definition) is 3. The summed E-state index contributed by atoms with van der Waals surface area (Å²) in [5.74, 6) is 1.28. The number of nitrogens with one attached hydrogen (secondary N) is 2. The van der Waals surface area contributed by atoms with E-state index in [4.69, 9.17) is 0 Å². The molecular formula is C17H28N4O2S. The molecule has 1 saturated heterocycles. The lowest BCUT2D eigenvalue weighted by Gasteiger charge is -2.30. The smallest absolute Gasteiger partial charge is 0.211 e. The van der Waals surface area contributed by atoms with Crippen LogP contribution in [0.1, 0.15) is 18.4 Å². The molecule has 6 nitrogen and oxygen atoms in total. The van der Waals surface area contributed by atoms with E-state index < -0.39 is 10.0 Å². The van der Waals surface area contributed by atoms with Crippen molar-refractivity contribution < 1.29 is 8.42 Å². The maximum Gasteiger partial charge on any atom is 0.211 e. The third-order valence-electron chi connectivity index (χ3n) is 4.37. The summed E-state index contributed by atoms with van der Waals surface area (Å²) in [7, 11) is -1.28. The lowest BCUT2D eigenvalue weighted by Crippen LogP contribution is -2.44. The van der Waals surface area contributed by atoms with Crippen molar-refractivity contribution in [2.24, 2.45) is 10.9 Å². The zero-order chi connectivity index (χ0) is 17.4. The topological polar surface area (TPSA) is 73.8 Å². The van der Waals surface area contributed by atoms with Crippen LogP contribution in [0, 0.1) is 5.92 Å². The highest BCUT2D eigenvalue weighted by molar-refractivity contribution is 7.88. The Morgan fingerprint density at radius 3 is 2.46 bits per heavy atom. The van der Waals surface area contributed by atoms with Gasteiger partial charge in [0.05, 0.1) is 6.26 Å². The Balaban J connectivity index is 1.67. The number of aliphatic imine (C=N–C) groups is 1. The van der Waals surface area contributed by atoms with E-state index in [-0.39, 0.29) is 0 Å². The molecule has 2 rings (SSSR count).